The second kappa shape index (κ2) is 9.29. The van der Waals surface area contributed by atoms with Gasteiger partial charge in [0.1, 0.15) is 0 Å². The molecule has 0 fully saturated rings. The van der Waals surface area contributed by atoms with Gasteiger partial charge in [0.25, 0.3) is 0 Å². The Morgan fingerprint density at radius 1 is 1.00 bits per heavy atom. The van der Waals surface area contributed by atoms with Crippen molar-refractivity contribution < 1.29 is 51.0 Å². The Kier molecular flexibility index (Phi) is 8.35. The van der Waals surface area contributed by atoms with E-state index in [0.29, 0.717) is 0 Å². The second-order valence-electron chi connectivity index (χ2n) is 8.34. The summed E-state index contributed by atoms with van der Waals surface area (Å²) in [6.45, 7) is 11.4. The molecule has 143 valence electrons. The molecule has 0 spiro atoms. The van der Waals surface area contributed by atoms with Gasteiger partial charge in [0.05, 0.1) is 0 Å². The fourth-order valence-electron chi connectivity index (χ4n) is 4.05. The van der Waals surface area contributed by atoms with Gasteiger partial charge in [-0.2, -0.15) is 0 Å². The van der Waals surface area contributed by atoms with E-state index >= 15 is 0 Å². The Morgan fingerprint density at radius 3 is 2.25 bits per heavy atom. The summed E-state index contributed by atoms with van der Waals surface area (Å²) < 4.78 is 0. The van der Waals surface area contributed by atoms with E-state index < -0.39 is 0 Å². The molecule has 0 bridgehead atoms. The largest absolute Gasteiger partial charge is 3.00 e. The molecule has 0 aromatic heterocycles. The molecule has 4 rings (SSSR count). The zero-order valence-electron chi connectivity index (χ0n) is 17.1. The molecule has 2 aromatic carbocycles. The normalized spacial score (nSPS) is 13.2. The number of allylic oxidation sites excluding steroid dienone is 4. The van der Waals surface area contributed by atoms with Crippen molar-refractivity contribution in [1.82, 2.24) is 0 Å². The summed E-state index contributed by atoms with van der Waals surface area (Å²) in [7, 11) is 0. The summed E-state index contributed by atoms with van der Waals surface area (Å²) in [5.41, 5.74) is 7.00. The van der Waals surface area contributed by atoms with Gasteiger partial charge in [-0.3, -0.25) is 0 Å². The smallest absolute Gasteiger partial charge is 1.00 e. The predicted molar refractivity (Wildman–Crippen MR) is 108 cm³/mol. The minimum Gasteiger partial charge on any atom is -1.00 e. The third-order valence-electron chi connectivity index (χ3n) is 5.20. The Labute approximate surface area is 199 Å². The van der Waals surface area contributed by atoms with Crippen LogP contribution in [-0.2, 0) is 31.6 Å². The van der Waals surface area contributed by atoms with Crippen molar-refractivity contribution in [1.29, 1.82) is 0 Å². The number of hydrogen-bond acceptors (Lipinski definition) is 0. The predicted octanol–water partition coefficient (Wildman–Crippen LogP) is -1.17. The molecule has 0 saturated heterocycles. The van der Waals surface area contributed by atoms with Crippen LogP contribution in [0.1, 0.15) is 57.7 Å². The standard InChI is InChI=1S/C25H25.2ClH.Zr/c1-16(2)23-22(25(3,4)5)15-20-19-13-9-8-12-18(19)14-21(20)24(23)17-10-6-7-11-17;;;/h6-10,12-13,15H,11H2,1-5H3;2*1H;/q-1;;;+3/p-2. The Morgan fingerprint density at radius 2 is 1.68 bits per heavy atom. The molecule has 0 aliphatic heterocycles. The molecule has 0 heterocycles. The summed E-state index contributed by atoms with van der Waals surface area (Å²) in [5, 5.41) is 5.29. The minimum atomic E-state index is 0. The van der Waals surface area contributed by atoms with Gasteiger partial charge in [-0.15, -0.1) is 33.4 Å². The average molecular weight is 488 g/mol. The van der Waals surface area contributed by atoms with Gasteiger partial charge in [-0.25, -0.2) is 0 Å². The molecule has 0 amide bonds. The third kappa shape index (κ3) is 4.18. The molecule has 28 heavy (non-hydrogen) atoms. The van der Waals surface area contributed by atoms with Gasteiger partial charge in [-0.05, 0) is 36.5 Å². The summed E-state index contributed by atoms with van der Waals surface area (Å²) in [4.78, 5) is 0. The third-order valence-corrected chi connectivity index (χ3v) is 5.20. The maximum absolute atomic E-state index is 3.72. The SMILES string of the molecule is CC(C)=c1c(C(C)(C)C)cc2c(c1C1=CC=CC1)[C-]=c1ccccc1=2.[Cl-].[Cl-].[Zr+3]. The molecule has 2 aromatic rings. The van der Waals surface area contributed by atoms with Crippen LogP contribution in [0.25, 0.3) is 17.2 Å². The zero-order chi connectivity index (χ0) is 17.8. The number of rotatable bonds is 1. The van der Waals surface area contributed by atoms with Gasteiger partial charge in [0.2, 0.25) is 0 Å². The van der Waals surface area contributed by atoms with Gasteiger partial charge >= 0.3 is 26.2 Å². The first kappa shape index (κ1) is 25.2. The summed E-state index contributed by atoms with van der Waals surface area (Å²) in [6.07, 6.45) is 11.4. The van der Waals surface area contributed by atoms with Crippen LogP contribution in [-0.4, -0.2) is 0 Å². The molecule has 2 aliphatic rings. The van der Waals surface area contributed by atoms with Crippen molar-refractivity contribution >= 4 is 17.2 Å². The molecule has 0 unspecified atom stereocenters. The summed E-state index contributed by atoms with van der Waals surface area (Å²) >= 11 is 0. The topological polar surface area (TPSA) is 0 Å². The Balaban J connectivity index is 0.00000131. The van der Waals surface area contributed by atoms with Crippen LogP contribution >= 0.6 is 0 Å². The molecule has 0 atom stereocenters. The van der Waals surface area contributed by atoms with Crippen molar-refractivity contribution in [2.45, 2.75) is 46.5 Å². The first-order chi connectivity index (χ1) is 11.9. The summed E-state index contributed by atoms with van der Waals surface area (Å²) in [6, 6.07) is 11.1. The molecule has 1 radical (unpaired) electrons. The zero-order valence-corrected chi connectivity index (χ0v) is 21.1. The van der Waals surface area contributed by atoms with Crippen LogP contribution in [0.2, 0.25) is 0 Å². The van der Waals surface area contributed by atoms with Crippen molar-refractivity contribution in [3.05, 3.63) is 86.1 Å². The van der Waals surface area contributed by atoms with E-state index in [1.54, 1.807) is 0 Å². The molecule has 0 saturated carbocycles. The minimum absolute atomic E-state index is 0. The fourth-order valence-corrected chi connectivity index (χ4v) is 4.05. The van der Waals surface area contributed by atoms with Crippen LogP contribution in [0.15, 0.2) is 48.6 Å². The van der Waals surface area contributed by atoms with Crippen molar-refractivity contribution in [3.63, 3.8) is 0 Å². The van der Waals surface area contributed by atoms with Gasteiger partial charge in [-0.1, -0.05) is 80.0 Å². The second-order valence-corrected chi connectivity index (χ2v) is 8.34. The van der Waals surface area contributed by atoms with Crippen LogP contribution < -0.4 is 35.3 Å². The molecule has 0 N–H and O–H groups in total. The number of hydrogen-bond donors (Lipinski definition) is 0. The maximum Gasteiger partial charge on any atom is 3.00 e. The average Bonchev–Trinajstić information content (AvgIpc) is 3.19. The van der Waals surface area contributed by atoms with Crippen molar-refractivity contribution in [3.8, 4) is 0 Å². The van der Waals surface area contributed by atoms with E-state index in [9.17, 15) is 0 Å². The maximum atomic E-state index is 3.72. The first-order valence-electron chi connectivity index (χ1n) is 9.12. The van der Waals surface area contributed by atoms with Crippen LogP contribution in [0.5, 0.6) is 0 Å². The van der Waals surface area contributed by atoms with Gasteiger partial charge < -0.3 is 24.8 Å². The van der Waals surface area contributed by atoms with E-state index in [0.717, 1.165) is 6.42 Å². The van der Waals surface area contributed by atoms with Crippen LogP contribution in [0, 0.1) is 10.4 Å². The van der Waals surface area contributed by atoms with E-state index in [-0.39, 0.29) is 56.4 Å². The van der Waals surface area contributed by atoms with Crippen molar-refractivity contribution in [2.75, 3.05) is 0 Å². The van der Waals surface area contributed by atoms with E-state index in [4.69, 9.17) is 0 Å². The quantitative estimate of drug-likeness (QED) is 0.380. The van der Waals surface area contributed by atoms with Crippen LogP contribution in [0.4, 0.5) is 0 Å². The molecular weight excluding hydrogens is 462 g/mol. The Hall–Kier alpha value is -0.877. The van der Waals surface area contributed by atoms with E-state index in [1.807, 2.05) is 0 Å². The monoisotopic (exact) mass is 485 g/mol. The molecular formula is C25H25Cl2Zr. The van der Waals surface area contributed by atoms with Crippen molar-refractivity contribution in [2.24, 2.45) is 0 Å². The van der Waals surface area contributed by atoms with E-state index in [1.165, 1.54) is 48.7 Å². The first-order valence-corrected chi connectivity index (χ1v) is 9.12. The van der Waals surface area contributed by atoms with Gasteiger partial charge in [0.15, 0.2) is 0 Å². The molecule has 3 heteroatoms. The Bertz CT molecular complexity index is 1160. The molecule has 0 nitrogen and oxygen atoms in total. The summed E-state index contributed by atoms with van der Waals surface area (Å²) in [5.74, 6) is 0. The fraction of sp³-hybridized carbons (Fsp3) is 0.280. The number of halogens is 2. The number of benzene rings is 2. The number of fused-ring (bicyclic) bond motifs is 2. The van der Waals surface area contributed by atoms with Crippen LogP contribution in [0.3, 0.4) is 0 Å². The molecule has 2 aliphatic carbocycles. The van der Waals surface area contributed by atoms with Gasteiger partial charge in [0, 0.05) is 0 Å². The van der Waals surface area contributed by atoms with E-state index in [2.05, 4.69) is 89.3 Å².